The normalized spacial score (nSPS) is 30.5. The summed E-state index contributed by atoms with van der Waals surface area (Å²) >= 11 is 0. The largest absolute Gasteiger partial charge is 0.346 e. The topological polar surface area (TPSA) is 29.1 Å². The Kier molecular flexibility index (Phi) is 1.78. The fraction of sp³-hybridized carbons (Fsp3) is 0.500. The molecule has 1 heterocycles. The van der Waals surface area contributed by atoms with Gasteiger partial charge in [-0.05, 0) is 29.4 Å². The predicted octanol–water partition coefficient (Wildman–Crippen LogP) is 2.47. The van der Waals surface area contributed by atoms with Crippen LogP contribution in [-0.2, 0) is 15.7 Å². The van der Waals surface area contributed by atoms with Crippen LogP contribution < -0.4 is 5.32 Å². The number of nitrogens with one attached hydrogen (secondary N) is 1. The molecule has 1 aliphatic heterocycles. The summed E-state index contributed by atoms with van der Waals surface area (Å²) in [5.41, 5.74) is 2.94. The van der Waals surface area contributed by atoms with Crippen molar-refractivity contribution in [3.63, 3.8) is 0 Å². The Hall–Kier alpha value is -1.31. The van der Waals surface area contributed by atoms with E-state index in [1.807, 2.05) is 0 Å². The number of fused-ring (bicyclic) bond motifs is 2. The molecule has 1 aromatic carbocycles. The average molecular weight is 215 g/mol. The lowest BCUT2D eigenvalue weighted by Crippen LogP contribution is -2.60. The van der Waals surface area contributed by atoms with Gasteiger partial charge in [0.15, 0.2) is 0 Å². The van der Waals surface area contributed by atoms with Crippen molar-refractivity contribution < 1.29 is 4.79 Å². The van der Waals surface area contributed by atoms with Crippen LogP contribution in [0.15, 0.2) is 24.3 Å². The molecule has 1 saturated heterocycles. The molecule has 84 valence electrons. The molecule has 1 spiro atoms. The zero-order valence-corrected chi connectivity index (χ0v) is 9.84. The molecule has 1 aromatic rings. The van der Waals surface area contributed by atoms with Crippen LogP contribution in [0, 0.1) is 0 Å². The molecular formula is C14H17NO. The second-order valence-electron chi connectivity index (χ2n) is 5.74. The molecule has 16 heavy (non-hydrogen) atoms. The van der Waals surface area contributed by atoms with Crippen molar-refractivity contribution in [1.82, 2.24) is 5.32 Å². The van der Waals surface area contributed by atoms with Gasteiger partial charge in [0.25, 0.3) is 0 Å². The van der Waals surface area contributed by atoms with Crippen LogP contribution in [0.4, 0.5) is 0 Å². The van der Waals surface area contributed by atoms with Gasteiger partial charge in [0.05, 0.1) is 12.0 Å². The molecule has 0 aromatic heterocycles. The third-order valence-electron chi connectivity index (χ3n) is 4.19. The van der Waals surface area contributed by atoms with Gasteiger partial charge in [-0.25, -0.2) is 0 Å². The number of β-lactam (4-membered cyclic amide) rings is 1. The molecule has 2 aliphatic rings. The van der Waals surface area contributed by atoms with Crippen LogP contribution in [0.2, 0.25) is 0 Å². The van der Waals surface area contributed by atoms with Gasteiger partial charge < -0.3 is 5.32 Å². The SMILES string of the molecule is CC1(C)CCC2(CC(=O)N2)c2ccccc21. The zero-order chi connectivity index (χ0) is 11.4. The fourth-order valence-corrected chi connectivity index (χ4v) is 3.12. The minimum Gasteiger partial charge on any atom is -0.346 e. The van der Waals surface area contributed by atoms with E-state index in [4.69, 9.17) is 0 Å². The highest BCUT2D eigenvalue weighted by Crippen LogP contribution is 2.48. The van der Waals surface area contributed by atoms with E-state index in [9.17, 15) is 4.79 Å². The maximum atomic E-state index is 11.2. The van der Waals surface area contributed by atoms with Crippen molar-refractivity contribution in [2.24, 2.45) is 0 Å². The second-order valence-corrected chi connectivity index (χ2v) is 5.74. The minimum atomic E-state index is -0.0385. The summed E-state index contributed by atoms with van der Waals surface area (Å²) in [6.45, 7) is 4.58. The van der Waals surface area contributed by atoms with Gasteiger partial charge in [-0.1, -0.05) is 38.1 Å². The van der Waals surface area contributed by atoms with Crippen molar-refractivity contribution in [3.8, 4) is 0 Å². The molecule has 0 saturated carbocycles. The lowest BCUT2D eigenvalue weighted by atomic mass is 9.62. The number of benzene rings is 1. The Bertz CT molecular complexity index is 454. The Morgan fingerprint density at radius 3 is 2.38 bits per heavy atom. The monoisotopic (exact) mass is 215 g/mol. The van der Waals surface area contributed by atoms with Crippen molar-refractivity contribution in [2.45, 2.75) is 44.1 Å². The van der Waals surface area contributed by atoms with Crippen LogP contribution in [0.1, 0.15) is 44.2 Å². The van der Waals surface area contributed by atoms with E-state index in [2.05, 4.69) is 43.4 Å². The molecule has 1 N–H and O–H groups in total. The number of carbonyl (C=O) groups is 1. The maximum Gasteiger partial charge on any atom is 0.223 e. The zero-order valence-electron chi connectivity index (χ0n) is 9.84. The van der Waals surface area contributed by atoms with Crippen molar-refractivity contribution in [2.75, 3.05) is 0 Å². The first kappa shape index (κ1) is 9.88. The smallest absolute Gasteiger partial charge is 0.223 e. The number of rotatable bonds is 0. The van der Waals surface area contributed by atoms with Crippen molar-refractivity contribution in [1.29, 1.82) is 0 Å². The van der Waals surface area contributed by atoms with E-state index in [1.54, 1.807) is 0 Å². The van der Waals surface area contributed by atoms with Gasteiger partial charge in [0, 0.05) is 0 Å². The van der Waals surface area contributed by atoms with Gasteiger partial charge in [-0.2, -0.15) is 0 Å². The van der Waals surface area contributed by atoms with Gasteiger partial charge in [0.1, 0.15) is 0 Å². The first-order valence-corrected chi connectivity index (χ1v) is 5.95. The molecule has 2 heteroatoms. The fourth-order valence-electron chi connectivity index (χ4n) is 3.12. The lowest BCUT2D eigenvalue weighted by Gasteiger charge is -2.50. The van der Waals surface area contributed by atoms with Gasteiger partial charge in [-0.15, -0.1) is 0 Å². The molecule has 1 unspecified atom stereocenters. The number of hydrogen-bond donors (Lipinski definition) is 1. The number of amides is 1. The summed E-state index contributed by atoms with van der Waals surface area (Å²) in [4.78, 5) is 11.2. The predicted molar refractivity (Wildman–Crippen MR) is 63.1 cm³/mol. The molecular weight excluding hydrogens is 198 g/mol. The Labute approximate surface area is 96.1 Å². The Balaban J connectivity index is 2.13. The summed E-state index contributed by atoms with van der Waals surface area (Å²) in [6.07, 6.45) is 2.88. The highest BCUT2D eigenvalue weighted by atomic mass is 16.2. The molecule has 2 nitrogen and oxygen atoms in total. The van der Waals surface area contributed by atoms with Crippen molar-refractivity contribution in [3.05, 3.63) is 35.4 Å². The summed E-state index contributed by atoms with van der Waals surface area (Å²) in [6, 6.07) is 8.56. The van der Waals surface area contributed by atoms with Crippen molar-refractivity contribution >= 4 is 5.91 Å². The van der Waals surface area contributed by atoms with E-state index in [0.29, 0.717) is 6.42 Å². The van der Waals surface area contributed by atoms with E-state index >= 15 is 0 Å². The first-order chi connectivity index (χ1) is 7.54. The van der Waals surface area contributed by atoms with Crippen LogP contribution in [0.3, 0.4) is 0 Å². The highest BCUT2D eigenvalue weighted by molar-refractivity contribution is 5.85. The lowest BCUT2D eigenvalue weighted by molar-refractivity contribution is -0.134. The summed E-state index contributed by atoms with van der Waals surface area (Å²) in [5.74, 6) is 0.189. The van der Waals surface area contributed by atoms with Crippen LogP contribution in [0.25, 0.3) is 0 Å². The Morgan fingerprint density at radius 2 is 1.75 bits per heavy atom. The van der Waals surface area contributed by atoms with Gasteiger partial charge in [-0.3, -0.25) is 4.79 Å². The summed E-state index contributed by atoms with van der Waals surface area (Å²) < 4.78 is 0. The molecule has 1 aliphatic carbocycles. The van der Waals surface area contributed by atoms with E-state index in [0.717, 1.165) is 12.8 Å². The second kappa shape index (κ2) is 2.88. The molecule has 0 radical (unpaired) electrons. The quantitative estimate of drug-likeness (QED) is 0.662. The van der Waals surface area contributed by atoms with Crippen LogP contribution in [-0.4, -0.2) is 5.91 Å². The number of carbonyl (C=O) groups excluding carboxylic acids is 1. The van der Waals surface area contributed by atoms with E-state index in [-0.39, 0.29) is 16.9 Å². The van der Waals surface area contributed by atoms with Gasteiger partial charge >= 0.3 is 0 Å². The van der Waals surface area contributed by atoms with Crippen LogP contribution in [0.5, 0.6) is 0 Å². The van der Waals surface area contributed by atoms with E-state index < -0.39 is 0 Å². The maximum absolute atomic E-state index is 11.2. The Morgan fingerprint density at radius 1 is 1.12 bits per heavy atom. The van der Waals surface area contributed by atoms with Gasteiger partial charge in [0.2, 0.25) is 5.91 Å². The molecule has 1 fully saturated rings. The van der Waals surface area contributed by atoms with E-state index in [1.165, 1.54) is 11.1 Å². The standard InChI is InChI=1S/C14H17NO/c1-13(2)7-8-14(9-12(16)15-14)11-6-4-3-5-10(11)13/h3-6H,7-9H2,1-2H3,(H,15,16). The molecule has 1 atom stereocenters. The number of hydrogen-bond acceptors (Lipinski definition) is 1. The third kappa shape index (κ3) is 1.16. The average Bonchev–Trinajstić information content (AvgIpc) is 2.22. The third-order valence-corrected chi connectivity index (χ3v) is 4.19. The first-order valence-electron chi connectivity index (χ1n) is 5.95. The molecule has 0 bridgehead atoms. The highest BCUT2D eigenvalue weighted by Gasteiger charge is 2.49. The minimum absolute atomic E-state index is 0.0385. The summed E-state index contributed by atoms with van der Waals surface area (Å²) in [7, 11) is 0. The molecule has 1 amide bonds. The van der Waals surface area contributed by atoms with Crippen LogP contribution >= 0.6 is 0 Å². The summed E-state index contributed by atoms with van der Waals surface area (Å²) in [5, 5.41) is 3.11. The molecule has 3 rings (SSSR count).